The third kappa shape index (κ3) is 3.43. The van der Waals surface area contributed by atoms with Crippen molar-refractivity contribution in [2.45, 2.75) is 39.5 Å². The van der Waals surface area contributed by atoms with Crippen LogP contribution in [-0.2, 0) is 14.3 Å². The summed E-state index contributed by atoms with van der Waals surface area (Å²) >= 11 is 2.25. The molecule has 1 unspecified atom stereocenters. The Kier molecular flexibility index (Phi) is 4.88. The topological polar surface area (TPSA) is 55.7 Å². The maximum absolute atomic E-state index is 13.0. The molecule has 132 valence electrons. The first-order chi connectivity index (χ1) is 11.7. The number of benzene rings is 1. The predicted octanol–water partition coefficient (Wildman–Crippen LogP) is 4.28. The van der Waals surface area contributed by atoms with Gasteiger partial charge in [0.2, 0.25) is 0 Å². The van der Waals surface area contributed by atoms with Gasteiger partial charge in [0, 0.05) is 32.9 Å². The van der Waals surface area contributed by atoms with Crippen LogP contribution in [0.25, 0.3) is 0 Å². The zero-order chi connectivity index (χ0) is 18.4. The Balaban J connectivity index is 2.21. The Hall–Kier alpha value is -1.50. The molecule has 1 aliphatic heterocycles. The maximum atomic E-state index is 13.0. The number of allylic oxidation sites excluding steroid dienone is 2. The highest BCUT2D eigenvalue weighted by molar-refractivity contribution is 14.1. The Bertz CT molecular complexity index is 807. The average Bonchev–Trinajstić information content (AvgIpc) is 2.51. The maximum Gasteiger partial charge on any atom is 0.315 e. The lowest BCUT2D eigenvalue weighted by molar-refractivity contribution is -0.143. The Morgan fingerprint density at radius 1 is 1.32 bits per heavy atom. The number of hydrogen-bond acceptors (Lipinski definition) is 4. The highest BCUT2D eigenvalue weighted by Gasteiger charge is 2.45. The molecule has 3 rings (SSSR count). The molecule has 2 atom stereocenters. The first kappa shape index (κ1) is 18.3. The molecule has 0 fully saturated rings. The van der Waals surface area contributed by atoms with Gasteiger partial charge in [-0.1, -0.05) is 26.0 Å². The van der Waals surface area contributed by atoms with Gasteiger partial charge in [-0.15, -0.1) is 0 Å². The number of carbonyl (C=O) groups excluding carboxylic acids is 2. The second kappa shape index (κ2) is 6.67. The molecule has 1 aromatic rings. The number of hydrogen-bond donors (Lipinski definition) is 0. The number of ketones is 1. The molecule has 0 amide bonds. The van der Waals surface area contributed by atoms with Crippen LogP contribution in [0.2, 0.25) is 0 Å². The van der Waals surface area contributed by atoms with Crippen LogP contribution in [0.5, 0.6) is 0 Å². The Labute approximate surface area is 161 Å². The first-order valence-corrected chi connectivity index (χ1v) is 9.46. The molecule has 5 heteroatoms. The number of esters is 1. The van der Waals surface area contributed by atoms with Crippen molar-refractivity contribution < 1.29 is 14.3 Å². The van der Waals surface area contributed by atoms with Gasteiger partial charge in [0.25, 0.3) is 0 Å². The fourth-order valence-corrected chi connectivity index (χ4v) is 4.50. The van der Waals surface area contributed by atoms with Gasteiger partial charge >= 0.3 is 5.97 Å². The summed E-state index contributed by atoms with van der Waals surface area (Å²) in [6.07, 6.45) is 1.23. The molecule has 2 aliphatic rings. The third-order valence-electron chi connectivity index (χ3n) is 4.97. The molecule has 25 heavy (non-hydrogen) atoms. The minimum absolute atomic E-state index is 0.0975. The number of halogens is 1. The van der Waals surface area contributed by atoms with Crippen molar-refractivity contribution in [3.63, 3.8) is 0 Å². The van der Waals surface area contributed by atoms with Crippen LogP contribution in [0.1, 0.15) is 45.1 Å². The number of ether oxygens (including phenoxy) is 1. The molecule has 0 radical (unpaired) electrons. The van der Waals surface area contributed by atoms with E-state index in [9.17, 15) is 9.59 Å². The van der Waals surface area contributed by atoms with Gasteiger partial charge < -0.3 is 4.74 Å². The van der Waals surface area contributed by atoms with E-state index in [1.807, 2.05) is 31.2 Å². The lowest BCUT2D eigenvalue weighted by Gasteiger charge is -2.38. The van der Waals surface area contributed by atoms with Gasteiger partial charge in [0.05, 0.1) is 7.11 Å². The molecule has 1 aliphatic carbocycles. The van der Waals surface area contributed by atoms with E-state index in [0.717, 1.165) is 27.0 Å². The van der Waals surface area contributed by atoms with Crippen LogP contribution in [0.4, 0.5) is 0 Å². The highest BCUT2D eigenvalue weighted by Crippen LogP contribution is 2.47. The predicted molar refractivity (Wildman–Crippen MR) is 106 cm³/mol. The van der Waals surface area contributed by atoms with Crippen molar-refractivity contribution in [3.05, 3.63) is 44.7 Å². The van der Waals surface area contributed by atoms with E-state index in [0.29, 0.717) is 12.0 Å². The van der Waals surface area contributed by atoms with E-state index in [-0.39, 0.29) is 23.1 Å². The number of nitrogens with zero attached hydrogens (tertiary/aromatic N) is 1. The van der Waals surface area contributed by atoms with Gasteiger partial charge in [0.15, 0.2) is 5.78 Å². The van der Waals surface area contributed by atoms with E-state index in [2.05, 4.69) is 41.4 Å². The van der Waals surface area contributed by atoms with Crippen molar-refractivity contribution in [2.75, 3.05) is 7.11 Å². The van der Waals surface area contributed by atoms with Crippen LogP contribution in [0, 0.1) is 14.9 Å². The number of rotatable bonds is 2. The van der Waals surface area contributed by atoms with E-state index >= 15 is 0 Å². The summed E-state index contributed by atoms with van der Waals surface area (Å²) in [5.41, 5.74) is 3.12. The lowest BCUT2D eigenvalue weighted by Crippen LogP contribution is -2.39. The van der Waals surface area contributed by atoms with E-state index in [1.54, 1.807) is 0 Å². The second-order valence-corrected chi connectivity index (χ2v) is 8.83. The lowest BCUT2D eigenvalue weighted by atomic mass is 9.67. The minimum Gasteiger partial charge on any atom is -0.468 e. The smallest absolute Gasteiger partial charge is 0.315 e. The summed E-state index contributed by atoms with van der Waals surface area (Å²) < 4.78 is 6.12. The number of Topliss-reactive ketones (excluding diaryl/α,β-unsaturated/α-hetero) is 1. The van der Waals surface area contributed by atoms with Crippen LogP contribution in [0.3, 0.4) is 0 Å². The number of carbonyl (C=O) groups is 2. The monoisotopic (exact) mass is 451 g/mol. The molecule has 0 spiro atoms. The summed E-state index contributed by atoms with van der Waals surface area (Å²) in [7, 11) is 1.39. The molecule has 1 heterocycles. The quantitative estimate of drug-likeness (QED) is 0.498. The number of methoxy groups -OCH3 is 1. The summed E-state index contributed by atoms with van der Waals surface area (Å²) in [6, 6.07) is 7.99. The zero-order valence-electron chi connectivity index (χ0n) is 14.9. The van der Waals surface area contributed by atoms with Crippen molar-refractivity contribution in [2.24, 2.45) is 16.3 Å². The van der Waals surface area contributed by atoms with Crippen molar-refractivity contribution in [3.8, 4) is 0 Å². The van der Waals surface area contributed by atoms with Crippen LogP contribution >= 0.6 is 22.6 Å². The largest absolute Gasteiger partial charge is 0.468 e. The average molecular weight is 451 g/mol. The van der Waals surface area contributed by atoms with Gasteiger partial charge in [-0.05, 0) is 59.0 Å². The normalized spacial score (nSPS) is 25.3. The van der Waals surface area contributed by atoms with Crippen LogP contribution in [0.15, 0.2) is 40.5 Å². The molecule has 1 aromatic carbocycles. The molecule has 0 N–H and O–H groups in total. The van der Waals surface area contributed by atoms with Gasteiger partial charge in [-0.2, -0.15) is 0 Å². The molecule has 0 bridgehead atoms. The Morgan fingerprint density at radius 2 is 2.04 bits per heavy atom. The van der Waals surface area contributed by atoms with Crippen LogP contribution in [-0.4, -0.2) is 24.6 Å². The third-order valence-corrected chi connectivity index (χ3v) is 5.64. The molecule has 4 nitrogen and oxygen atoms in total. The van der Waals surface area contributed by atoms with Crippen molar-refractivity contribution in [1.29, 1.82) is 0 Å². The van der Waals surface area contributed by atoms with E-state index in [4.69, 9.17) is 4.74 Å². The summed E-state index contributed by atoms with van der Waals surface area (Å²) in [4.78, 5) is 30.2. The minimum atomic E-state index is -0.549. The fraction of sp³-hybridized carbons (Fsp3) is 0.450. The molecule has 0 aromatic heterocycles. The fourth-order valence-electron chi connectivity index (χ4n) is 3.94. The molecular weight excluding hydrogens is 429 g/mol. The zero-order valence-corrected chi connectivity index (χ0v) is 17.1. The summed E-state index contributed by atoms with van der Waals surface area (Å²) in [6.45, 7) is 6.04. The molecular formula is C20H22INO3. The first-order valence-electron chi connectivity index (χ1n) is 8.38. The molecule has 0 saturated carbocycles. The standard InChI is InChI=1S/C20H22INO3/c1-11-16(19(24)25-4)17(12-6-5-7-13(21)8-12)18-14(22-11)9-20(2,3)10-15(18)23/h5-8,16-17H,9-10H2,1-4H3/t16?,17-/m1/s1. The number of aliphatic imine (C=N–C) groups is 1. The van der Waals surface area contributed by atoms with Crippen molar-refractivity contribution in [1.82, 2.24) is 0 Å². The van der Waals surface area contributed by atoms with Gasteiger partial charge in [-0.25, -0.2) is 0 Å². The van der Waals surface area contributed by atoms with Crippen LogP contribution < -0.4 is 0 Å². The second-order valence-electron chi connectivity index (χ2n) is 7.59. The molecule has 0 saturated heterocycles. The summed E-state index contributed by atoms with van der Waals surface area (Å²) in [5.74, 6) is -1.11. The van der Waals surface area contributed by atoms with Gasteiger partial charge in [0.1, 0.15) is 5.92 Å². The SMILES string of the molecule is COC(=O)C1C(C)=NC2=C(C(=O)CC(C)(C)C2)[C@@H]1c1cccc(I)c1. The van der Waals surface area contributed by atoms with E-state index < -0.39 is 5.92 Å². The Morgan fingerprint density at radius 3 is 2.68 bits per heavy atom. The highest BCUT2D eigenvalue weighted by atomic mass is 127. The van der Waals surface area contributed by atoms with E-state index in [1.165, 1.54) is 7.11 Å². The summed E-state index contributed by atoms with van der Waals surface area (Å²) in [5, 5.41) is 0. The van der Waals surface area contributed by atoms with Gasteiger partial charge in [-0.3, -0.25) is 14.6 Å². The van der Waals surface area contributed by atoms with Crippen molar-refractivity contribution >= 4 is 40.1 Å².